The third-order valence-corrected chi connectivity index (χ3v) is 2.49. The van der Waals surface area contributed by atoms with Gasteiger partial charge in [0.1, 0.15) is 18.0 Å². The second-order valence-electron chi connectivity index (χ2n) is 3.60. The first-order chi connectivity index (χ1) is 7.45. The summed E-state index contributed by atoms with van der Waals surface area (Å²) in [5.41, 5.74) is -0.712. The zero-order valence-electron chi connectivity index (χ0n) is 8.90. The van der Waals surface area contributed by atoms with Gasteiger partial charge in [0.25, 0.3) is 0 Å². The number of aliphatic hydroxyl groups is 1. The Morgan fingerprint density at radius 3 is 2.56 bits per heavy atom. The highest BCUT2D eigenvalue weighted by Crippen LogP contribution is 2.20. The van der Waals surface area contributed by atoms with Gasteiger partial charge in [0.2, 0.25) is 0 Å². The zero-order valence-corrected chi connectivity index (χ0v) is 9.66. The van der Waals surface area contributed by atoms with Gasteiger partial charge >= 0.3 is 0 Å². The molecular formula is C12H12ClNO2. The fourth-order valence-corrected chi connectivity index (χ4v) is 0.982. The second-order valence-corrected chi connectivity index (χ2v) is 4.06. The van der Waals surface area contributed by atoms with Crippen LogP contribution in [0.2, 0.25) is 0 Å². The molecule has 3 nitrogen and oxygen atoms in total. The summed E-state index contributed by atoms with van der Waals surface area (Å²) < 4.78 is 5.33. The minimum absolute atomic E-state index is 0.0151. The Labute approximate surface area is 99.5 Å². The Kier molecular flexibility index (Phi) is 3.94. The average Bonchev–Trinajstić information content (AvgIpc) is 2.27. The predicted octanol–water partition coefficient (Wildman–Crippen LogP) is 2.44. The molecule has 1 aromatic carbocycles. The third-order valence-electron chi connectivity index (χ3n) is 2.09. The Morgan fingerprint density at radius 1 is 1.56 bits per heavy atom. The predicted molar refractivity (Wildman–Crippen MR) is 62.3 cm³/mol. The molecule has 0 saturated heterocycles. The number of rotatable bonds is 4. The van der Waals surface area contributed by atoms with E-state index in [0.29, 0.717) is 11.3 Å². The number of ether oxygens (including phenoxy) is 1. The Balaban J connectivity index is 2.62. The lowest BCUT2D eigenvalue weighted by Crippen LogP contribution is -2.32. The summed E-state index contributed by atoms with van der Waals surface area (Å²) >= 11 is 5.62. The van der Waals surface area contributed by atoms with E-state index in [-0.39, 0.29) is 11.6 Å². The van der Waals surface area contributed by atoms with Crippen LogP contribution in [-0.2, 0) is 0 Å². The van der Waals surface area contributed by atoms with Gasteiger partial charge in [0.15, 0.2) is 0 Å². The summed E-state index contributed by atoms with van der Waals surface area (Å²) in [6.07, 6.45) is 0. The first kappa shape index (κ1) is 12.6. The van der Waals surface area contributed by atoms with Crippen molar-refractivity contribution in [2.45, 2.75) is 12.5 Å². The molecule has 0 saturated carbocycles. The van der Waals surface area contributed by atoms with Crippen molar-refractivity contribution < 1.29 is 9.84 Å². The summed E-state index contributed by atoms with van der Waals surface area (Å²) in [4.78, 5) is 0. The Hall–Kier alpha value is -1.50. The van der Waals surface area contributed by atoms with Gasteiger partial charge in [0.05, 0.1) is 11.6 Å². The number of nitriles is 1. The summed E-state index contributed by atoms with van der Waals surface area (Å²) in [7, 11) is 0. The normalized spacial score (nSPS) is 13.6. The van der Waals surface area contributed by atoms with E-state index in [1.807, 2.05) is 6.07 Å². The number of hydrogen-bond acceptors (Lipinski definition) is 3. The Morgan fingerprint density at radius 2 is 2.12 bits per heavy atom. The van der Waals surface area contributed by atoms with E-state index < -0.39 is 5.60 Å². The fraction of sp³-hybridized carbons (Fsp3) is 0.250. The van der Waals surface area contributed by atoms with E-state index in [9.17, 15) is 5.11 Å². The van der Waals surface area contributed by atoms with Gasteiger partial charge in [-0.05, 0) is 31.2 Å². The largest absolute Gasteiger partial charge is 0.490 e. The molecule has 1 atom stereocenters. The van der Waals surface area contributed by atoms with Crippen molar-refractivity contribution in [2.75, 3.05) is 6.61 Å². The molecular weight excluding hydrogens is 226 g/mol. The molecule has 1 aromatic rings. The van der Waals surface area contributed by atoms with Crippen LogP contribution >= 0.6 is 11.6 Å². The van der Waals surface area contributed by atoms with Crippen LogP contribution in [0.4, 0.5) is 0 Å². The summed E-state index contributed by atoms with van der Waals surface area (Å²) in [6.45, 7) is 4.99. The molecule has 0 amide bonds. The van der Waals surface area contributed by atoms with Crippen LogP contribution in [-0.4, -0.2) is 17.3 Å². The van der Waals surface area contributed by atoms with Crippen LogP contribution in [0, 0.1) is 11.3 Å². The van der Waals surface area contributed by atoms with Crippen LogP contribution in [0.25, 0.3) is 0 Å². The van der Waals surface area contributed by atoms with Crippen LogP contribution in [0.3, 0.4) is 0 Å². The van der Waals surface area contributed by atoms with Crippen molar-refractivity contribution >= 4 is 11.6 Å². The molecule has 0 unspecified atom stereocenters. The first-order valence-corrected chi connectivity index (χ1v) is 5.04. The summed E-state index contributed by atoms with van der Waals surface area (Å²) in [6, 6.07) is 8.60. The maximum absolute atomic E-state index is 9.74. The van der Waals surface area contributed by atoms with Crippen molar-refractivity contribution in [1.29, 1.82) is 5.26 Å². The van der Waals surface area contributed by atoms with E-state index in [1.54, 1.807) is 24.3 Å². The van der Waals surface area contributed by atoms with Crippen molar-refractivity contribution in [2.24, 2.45) is 0 Å². The van der Waals surface area contributed by atoms with Gasteiger partial charge < -0.3 is 9.84 Å². The minimum Gasteiger partial charge on any atom is -0.490 e. The molecule has 4 heteroatoms. The smallest absolute Gasteiger partial charge is 0.130 e. The van der Waals surface area contributed by atoms with Crippen LogP contribution < -0.4 is 4.74 Å². The first-order valence-electron chi connectivity index (χ1n) is 4.66. The second kappa shape index (κ2) is 5.02. The number of halogens is 1. The average molecular weight is 238 g/mol. The lowest BCUT2D eigenvalue weighted by Gasteiger charge is -2.22. The van der Waals surface area contributed by atoms with Crippen molar-refractivity contribution in [3.63, 3.8) is 0 Å². The quantitative estimate of drug-likeness (QED) is 0.875. The van der Waals surface area contributed by atoms with Crippen molar-refractivity contribution in [1.82, 2.24) is 0 Å². The molecule has 1 rings (SSSR count). The maximum Gasteiger partial charge on any atom is 0.130 e. The highest BCUT2D eigenvalue weighted by molar-refractivity contribution is 6.30. The monoisotopic (exact) mass is 237 g/mol. The molecule has 84 valence electrons. The van der Waals surface area contributed by atoms with E-state index in [4.69, 9.17) is 21.6 Å². The van der Waals surface area contributed by atoms with Crippen LogP contribution in [0.15, 0.2) is 35.9 Å². The molecule has 0 aromatic heterocycles. The molecule has 1 N–H and O–H groups in total. The molecule has 0 radical (unpaired) electrons. The zero-order chi connectivity index (χ0) is 12.2. The lowest BCUT2D eigenvalue weighted by molar-refractivity contribution is 0.0506. The minimum atomic E-state index is -1.27. The summed E-state index contributed by atoms with van der Waals surface area (Å²) in [5, 5.41) is 18.5. The summed E-state index contributed by atoms with van der Waals surface area (Å²) in [5.74, 6) is 0.567. The fourth-order valence-electron chi connectivity index (χ4n) is 0.928. The van der Waals surface area contributed by atoms with Gasteiger partial charge in [-0.2, -0.15) is 5.26 Å². The van der Waals surface area contributed by atoms with E-state index in [1.165, 1.54) is 6.92 Å². The standard InChI is InChI=1S/C12H12ClNO2/c1-9(13)12(2,15)8-16-11-5-3-10(7-14)4-6-11/h3-6,15H,1,8H2,2H3/t12-/m0/s1. The highest BCUT2D eigenvalue weighted by Gasteiger charge is 2.24. The molecule has 0 bridgehead atoms. The SMILES string of the molecule is C=C(Cl)[C@@](C)(O)COc1ccc(C#N)cc1. The number of nitrogens with zero attached hydrogens (tertiary/aromatic N) is 1. The van der Waals surface area contributed by atoms with Crippen LogP contribution in [0.5, 0.6) is 5.75 Å². The number of hydrogen-bond donors (Lipinski definition) is 1. The van der Waals surface area contributed by atoms with Crippen LogP contribution in [0.1, 0.15) is 12.5 Å². The van der Waals surface area contributed by atoms with E-state index in [0.717, 1.165) is 0 Å². The van der Waals surface area contributed by atoms with Gasteiger partial charge in [-0.3, -0.25) is 0 Å². The molecule has 0 spiro atoms. The number of benzene rings is 1. The van der Waals surface area contributed by atoms with Crippen molar-refractivity contribution in [3.8, 4) is 11.8 Å². The molecule has 0 fully saturated rings. The molecule has 16 heavy (non-hydrogen) atoms. The highest BCUT2D eigenvalue weighted by atomic mass is 35.5. The van der Waals surface area contributed by atoms with E-state index in [2.05, 4.69) is 6.58 Å². The van der Waals surface area contributed by atoms with Gasteiger partial charge in [-0.1, -0.05) is 18.2 Å². The molecule has 0 aliphatic carbocycles. The Bertz CT molecular complexity index is 418. The molecule has 0 aliphatic heterocycles. The lowest BCUT2D eigenvalue weighted by atomic mass is 10.1. The van der Waals surface area contributed by atoms with Gasteiger partial charge in [-0.15, -0.1) is 0 Å². The van der Waals surface area contributed by atoms with Crippen molar-refractivity contribution in [3.05, 3.63) is 41.4 Å². The third kappa shape index (κ3) is 3.27. The topological polar surface area (TPSA) is 53.2 Å². The van der Waals surface area contributed by atoms with Gasteiger partial charge in [0, 0.05) is 5.03 Å². The van der Waals surface area contributed by atoms with Gasteiger partial charge in [-0.25, -0.2) is 0 Å². The maximum atomic E-state index is 9.74. The molecule has 0 heterocycles. The molecule has 0 aliphatic rings. The van der Waals surface area contributed by atoms with E-state index >= 15 is 0 Å².